The summed E-state index contributed by atoms with van der Waals surface area (Å²) in [5, 5.41) is 6.71. The highest BCUT2D eigenvalue weighted by Crippen LogP contribution is 2.29. The Kier molecular flexibility index (Phi) is 2.95. The summed E-state index contributed by atoms with van der Waals surface area (Å²) in [5.41, 5.74) is 7.12. The number of nitrogens with one attached hydrogen (secondary N) is 1. The average Bonchev–Trinajstić information content (AvgIpc) is 2.80. The third kappa shape index (κ3) is 2.25. The first kappa shape index (κ1) is 10.4. The van der Waals surface area contributed by atoms with Crippen molar-refractivity contribution in [1.29, 1.82) is 0 Å². The van der Waals surface area contributed by atoms with E-state index < -0.39 is 0 Å². The summed E-state index contributed by atoms with van der Waals surface area (Å²) >= 11 is 0. The predicted octanol–water partition coefficient (Wildman–Crippen LogP) is 1.58. The molecule has 84 valence electrons. The molecule has 0 atom stereocenters. The maximum absolute atomic E-state index is 5.64. The fourth-order valence-electron chi connectivity index (χ4n) is 1.33. The van der Waals surface area contributed by atoms with Gasteiger partial charge < -0.3 is 15.2 Å². The van der Waals surface area contributed by atoms with E-state index in [4.69, 9.17) is 15.2 Å². The van der Waals surface area contributed by atoms with E-state index in [1.807, 2.05) is 6.07 Å². The second-order valence-corrected chi connectivity index (χ2v) is 3.26. The van der Waals surface area contributed by atoms with Crippen LogP contribution in [0.5, 0.6) is 11.5 Å². The number of methoxy groups -OCH3 is 1. The van der Waals surface area contributed by atoms with E-state index in [-0.39, 0.29) is 0 Å². The van der Waals surface area contributed by atoms with Crippen LogP contribution < -0.4 is 15.2 Å². The quantitative estimate of drug-likeness (QED) is 0.766. The van der Waals surface area contributed by atoms with Crippen LogP contribution in [-0.4, -0.2) is 17.3 Å². The SMILES string of the molecule is COc1cc(N)ccc1OCc1cc[nH]n1. The van der Waals surface area contributed by atoms with Gasteiger partial charge in [0, 0.05) is 18.0 Å². The third-order valence-corrected chi connectivity index (χ3v) is 2.12. The Bertz CT molecular complexity index is 454. The van der Waals surface area contributed by atoms with Gasteiger partial charge in [-0.15, -0.1) is 0 Å². The Morgan fingerprint density at radius 1 is 1.31 bits per heavy atom. The number of nitrogen functional groups attached to an aromatic ring is 1. The maximum atomic E-state index is 5.64. The standard InChI is InChI=1S/C11H13N3O2/c1-15-11-6-8(12)2-3-10(11)16-7-9-4-5-13-14-9/h2-6H,7,12H2,1H3,(H,13,14). The van der Waals surface area contributed by atoms with Crippen LogP contribution in [0, 0.1) is 0 Å². The van der Waals surface area contributed by atoms with Gasteiger partial charge in [-0.05, 0) is 18.2 Å². The van der Waals surface area contributed by atoms with E-state index in [0.29, 0.717) is 23.8 Å². The predicted molar refractivity (Wildman–Crippen MR) is 60.3 cm³/mol. The minimum Gasteiger partial charge on any atom is -0.493 e. The summed E-state index contributed by atoms with van der Waals surface area (Å²) in [6.07, 6.45) is 1.75. The van der Waals surface area contributed by atoms with E-state index >= 15 is 0 Å². The van der Waals surface area contributed by atoms with Crippen LogP contribution in [0.2, 0.25) is 0 Å². The number of hydrogen-bond acceptors (Lipinski definition) is 4. The van der Waals surface area contributed by atoms with Crippen molar-refractivity contribution in [2.75, 3.05) is 12.8 Å². The summed E-state index contributed by atoms with van der Waals surface area (Å²) in [6, 6.07) is 7.12. The number of aromatic amines is 1. The van der Waals surface area contributed by atoms with Crippen LogP contribution in [0.15, 0.2) is 30.5 Å². The van der Waals surface area contributed by atoms with Crippen molar-refractivity contribution < 1.29 is 9.47 Å². The average molecular weight is 219 g/mol. The summed E-state index contributed by atoms with van der Waals surface area (Å²) in [6.45, 7) is 0.393. The number of nitrogens with two attached hydrogens (primary N) is 1. The minimum absolute atomic E-state index is 0.393. The number of hydrogen-bond donors (Lipinski definition) is 2. The molecule has 0 unspecified atom stereocenters. The number of nitrogens with zero attached hydrogens (tertiary/aromatic N) is 1. The van der Waals surface area contributed by atoms with Crippen LogP contribution in [0.4, 0.5) is 5.69 Å². The van der Waals surface area contributed by atoms with Gasteiger partial charge in [-0.1, -0.05) is 0 Å². The highest BCUT2D eigenvalue weighted by Gasteiger charge is 2.05. The number of H-pyrrole nitrogens is 1. The van der Waals surface area contributed by atoms with Gasteiger partial charge in [0.1, 0.15) is 6.61 Å². The molecule has 0 fully saturated rings. The van der Waals surface area contributed by atoms with Crippen molar-refractivity contribution in [2.24, 2.45) is 0 Å². The van der Waals surface area contributed by atoms with E-state index in [1.54, 1.807) is 31.5 Å². The Morgan fingerprint density at radius 3 is 2.88 bits per heavy atom. The Balaban J connectivity index is 2.09. The van der Waals surface area contributed by atoms with Gasteiger partial charge in [-0.25, -0.2) is 0 Å². The zero-order valence-electron chi connectivity index (χ0n) is 8.93. The number of rotatable bonds is 4. The number of benzene rings is 1. The summed E-state index contributed by atoms with van der Waals surface area (Å²) in [4.78, 5) is 0. The van der Waals surface area contributed by atoms with Gasteiger partial charge in [0.25, 0.3) is 0 Å². The van der Waals surface area contributed by atoms with Crippen molar-refractivity contribution in [1.82, 2.24) is 10.2 Å². The summed E-state index contributed by atoms with van der Waals surface area (Å²) < 4.78 is 10.7. The molecule has 1 aromatic heterocycles. The molecule has 1 aromatic carbocycles. The molecule has 3 N–H and O–H groups in total. The Labute approximate surface area is 93.2 Å². The summed E-state index contributed by atoms with van der Waals surface area (Å²) in [7, 11) is 1.58. The highest BCUT2D eigenvalue weighted by molar-refractivity contribution is 5.51. The highest BCUT2D eigenvalue weighted by atomic mass is 16.5. The van der Waals surface area contributed by atoms with Gasteiger partial charge in [0.05, 0.1) is 12.8 Å². The van der Waals surface area contributed by atoms with Gasteiger partial charge in [0.15, 0.2) is 11.5 Å². The van der Waals surface area contributed by atoms with Crippen molar-refractivity contribution in [2.45, 2.75) is 6.61 Å². The van der Waals surface area contributed by atoms with Crippen molar-refractivity contribution in [3.8, 4) is 11.5 Å². The molecular weight excluding hydrogens is 206 g/mol. The molecule has 0 amide bonds. The molecule has 16 heavy (non-hydrogen) atoms. The fourth-order valence-corrected chi connectivity index (χ4v) is 1.33. The van der Waals surface area contributed by atoms with E-state index in [1.165, 1.54) is 0 Å². The molecule has 0 aliphatic heterocycles. The van der Waals surface area contributed by atoms with E-state index in [9.17, 15) is 0 Å². The second-order valence-electron chi connectivity index (χ2n) is 3.26. The number of anilines is 1. The molecule has 0 aliphatic rings. The lowest BCUT2D eigenvalue weighted by Gasteiger charge is -2.09. The van der Waals surface area contributed by atoms with Gasteiger partial charge in [-0.3, -0.25) is 5.10 Å². The maximum Gasteiger partial charge on any atom is 0.162 e. The molecular formula is C11H13N3O2. The third-order valence-electron chi connectivity index (χ3n) is 2.12. The molecule has 0 aliphatic carbocycles. The van der Waals surface area contributed by atoms with Gasteiger partial charge in [0.2, 0.25) is 0 Å². The minimum atomic E-state index is 0.393. The zero-order chi connectivity index (χ0) is 11.4. The largest absolute Gasteiger partial charge is 0.493 e. The first-order chi connectivity index (χ1) is 7.79. The van der Waals surface area contributed by atoms with Crippen molar-refractivity contribution in [3.05, 3.63) is 36.2 Å². The van der Waals surface area contributed by atoms with E-state index in [2.05, 4.69) is 10.2 Å². The van der Waals surface area contributed by atoms with Crippen LogP contribution in [0.1, 0.15) is 5.69 Å². The molecule has 2 aromatic rings. The summed E-state index contributed by atoms with van der Waals surface area (Å²) in [5.74, 6) is 1.27. The van der Waals surface area contributed by atoms with Gasteiger partial charge >= 0.3 is 0 Å². The molecule has 5 nitrogen and oxygen atoms in total. The van der Waals surface area contributed by atoms with Crippen molar-refractivity contribution >= 4 is 5.69 Å². The van der Waals surface area contributed by atoms with Crippen LogP contribution in [0.25, 0.3) is 0 Å². The molecule has 1 heterocycles. The second kappa shape index (κ2) is 4.57. The number of aromatic nitrogens is 2. The zero-order valence-corrected chi connectivity index (χ0v) is 8.93. The topological polar surface area (TPSA) is 73.2 Å². The molecule has 0 spiro atoms. The molecule has 0 radical (unpaired) electrons. The monoisotopic (exact) mass is 219 g/mol. The molecule has 2 rings (SSSR count). The smallest absolute Gasteiger partial charge is 0.162 e. The van der Waals surface area contributed by atoms with E-state index in [0.717, 1.165) is 5.69 Å². The lowest BCUT2D eigenvalue weighted by Crippen LogP contribution is -1.98. The molecule has 0 saturated carbocycles. The van der Waals surface area contributed by atoms with Crippen molar-refractivity contribution in [3.63, 3.8) is 0 Å². The first-order valence-corrected chi connectivity index (χ1v) is 4.84. The Morgan fingerprint density at radius 2 is 2.19 bits per heavy atom. The molecule has 0 bridgehead atoms. The van der Waals surface area contributed by atoms with Crippen LogP contribution in [0.3, 0.4) is 0 Å². The number of ether oxygens (including phenoxy) is 2. The fraction of sp³-hybridized carbons (Fsp3) is 0.182. The lowest BCUT2D eigenvalue weighted by atomic mass is 10.3. The lowest BCUT2D eigenvalue weighted by molar-refractivity contribution is 0.280. The van der Waals surface area contributed by atoms with Gasteiger partial charge in [-0.2, -0.15) is 5.10 Å². The van der Waals surface area contributed by atoms with Crippen LogP contribution in [-0.2, 0) is 6.61 Å². The molecule has 5 heteroatoms. The van der Waals surface area contributed by atoms with Crippen LogP contribution >= 0.6 is 0 Å². The Hall–Kier alpha value is -2.17. The molecule has 0 saturated heterocycles. The normalized spacial score (nSPS) is 10.1. The first-order valence-electron chi connectivity index (χ1n) is 4.84.